The van der Waals surface area contributed by atoms with E-state index in [1.165, 1.54) is 18.7 Å². The minimum absolute atomic E-state index is 0.0928. The molecule has 0 fully saturated rings. The second kappa shape index (κ2) is 9.60. The Morgan fingerprint density at radius 3 is 2.34 bits per heavy atom. The van der Waals surface area contributed by atoms with Crippen LogP contribution in [0.3, 0.4) is 0 Å². The van der Waals surface area contributed by atoms with Crippen LogP contribution in [0.5, 0.6) is 0 Å². The third-order valence-electron chi connectivity index (χ3n) is 4.37. The van der Waals surface area contributed by atoms with Gasteiger partial charge in [-0.25, -0.2) is 4.98 Å². The Morgan fingerprint density at radius 1 is 1.03 bits per heavy atom. The summed E-state index contributed by atoms with van der Waals surface area (Å²) in [5.74, 6) is 0.652. The molecule has 0 spiro atoms. The van der Waals surface area contributed by atoms with Crippen LogP contribution in [-0.2, 0) is 16.1 Å². The number of amides is 2. The van der Waals surface area contributed by atoms with Crippen molar-refractivity contribution in [3.8, 4) is 0 Å². The zero-order chi connectivity index (χ0) is 20.8. The molecule has 3 aromatic rings. The monoisotopic (exact) mass is 410 g/mol. The third kappa shape index (κ3) is 5.84. The number of benzene rings is 2. The molecule has 0 aliphatic heterocycles. The quantitative estimate of drug-likeness (QED) is 0.525. The molecule has 0 saturated carbocycles. The average molecular weight is 411 g/mol. The Bertz CT molecular complexity index is 996. The van der Waals surface area contributed by atoms with Crippen molar-refractivity contribution in [1.82, 2.24) is 9.55 Å². The minimum atomic E-state index is -0.126. The zero-order valence-electron chi connectivity index (χ0n) is 16.9. The molecule has 1 aromatic heterocycles. The molecule has 29 heavy (non-hydrogen) atoms. The molecule has 2 amide bonds. The fourth-order valence-corrected chi connectivity index (χ4v) is 3.78. The topological polar surface area (TPSA) is 76.0 Å². The van der Waals surface area contributed by atoms with Gasteiger partial charge in [-0.2, -0.15) is 0 Å². The highest BCUT2D eigenvalue weighted by molar-refractivity contribution is 7.99. The Hall–Kier alpha value is -2.80. The Kier molecular flexibility index (Phi) is 6.93. The fourth-order valence-electron chi connectivity index (χ4n) is 2.93. The summed E-state index contributed by atoms with van der Waals surface area (Å²) in [4.78, 5) is 28.2. The summed E-state index contributed by atoms with van der Waals surface area (Å²) in [6.45, 7) is 6.75. The van der Waals surface area contributed by atoms with Crippen LogP contribution in [-0.4, -0.2) is 27.1 Å². The van der Waals surface area contributed by atoms with Crippen LogP contribution < -0.4 is 10.6 Å². The Balaban J connectivity index is 1.64. The van der Waals surface area contributed by atoms with E-state index in [2.05, 4.69) is 35.1 Å². The van der Waals surface area contributed by atoms with Gasteiger partial charge in [-0.05, 0) is 48.7 Å². The lowest BCUT2D eigenvalue weighted by Crippen LogP contribution is -2.15. The van der Waals surface area contributed by atoms with Crippen molar-refractivity contribution in [3.05, 3.63) is 48.5 Å². The molecular formula is C22H26N4O2S. The minimum Gasteiger partial charge on any atom is -0.326 e. The highest BCUT2D eigenvalue weighted by Crippen LogP contribution is 2.25. The number of carbonyl (C=O) groups is 2. The number of aryl methyl sites for hydroxylation is 1. The van der Waals surface area contributed by atoms with Crippen LogP contribution in [0.2, 0.25) is 0 Å². The fraction of sp³-hybridized carbons (Fsp3) is 0.318. The number of carbonyl (C=O) groups excluding carboxylic acids is 2. The number of fused-ring (bicyclic) bond motifs is 1. The van der Waals surface area contributed by atoms with E-state index in [-0.39, 0.29) is 17.6 Å². The number of imidazole rings is 1. The van der Waals surface area contributed by atoms with Gasteiger partial charge in [0.2, 0.25) is 11.8 Å². The normalized spacial score (nSPS) is 11.0. The molecule has 0 radical (unpaired) electrons. The molecule has 0 aliphatic rings. The second-order valence-corrected chi connectivity index (χ2v) is 8.26. The molecule has 2 N–H and O–H groups in total. The molecule has 0 atom stereocenters. The first-order chi connectivity index (χ1) is 13.9. The summed E-state index contributed by atoms with van der Waals surface area (Å²) in [6.07, 6.45) is 1.06. The summed E-state index contributed by atoms with van der Waals surface area (Å²) in [5, 5.41) is 6.45. The number of anilines is 2. The van der Waals surface area contributed by atoms with Crippen molar-refractivity contribution in [2.24, 2.45) is 5.92 Å². The molecule has 0 bridgehead atoms. The number of aromatic nitrogens is 2. The van der Waals surface area contributed by atoms with Crippen molar-refractivity contribution in [1.29, 1.82) is 0 Å². The second-order valence-electron chi connectivity index (χ2n) is 7.31. The van der Waals surface area contributed by atoms with Gasteiger partial charge in [-0.3, -0.25) is 9.59 Å². The van der Waals surface area contributed by atoms with Crippen molar-refractivity contribution in [3.63, 3.8) is 0 Å². The number of hydrogen-bond donors (Lipinski definition) is 2. The van der Waals surface area contributed by atoms with Gasteiger partial charge in [0, 0.05) is 24.8 Å². The molecule has 0 unspecified atom stereocenters. The van der Waals surface area contributed by atoms with Gasteiger partial charge < -0.3 is 15.2 Å². The third-order valence-corrected chi connectivity index (χ3v) is 5.35. The molecule has 1 heterocycles. The van der Waals surface area contributed by atoms with Gasteiger partial charge in [0.05, 0.1) is 16.8 Å². The lowest BCUT2D eigenvalue weighted by molar-refractivity contribution is -0.114. The SMILES string of the molecule is CC(=O)Nc1ccc(NC(=O)CSc2nc3ccccc3n2CCC(C)C)cc1. The molecule has 7 heteroatoms. The van der Waals surface area contributed by atoms with Crippen molar-refractivity contribution in [2.45, 2.75) is 38.9 Å². The first-order valence-corrected chi connectivity index (χ1v) is 10.7. The van der Waals surface area contributed by atoms with Gasteiger partial charge in [-0.15, -0.1) is 0 Å². The molecule has 2 aromatic carbocycles. The largest absolute Gasteiger partial charge is 0.326 e. The summed E-state index contributed by atoms with van der Waals surface area (Å²) in [7, 11) is 0. The Labute approximate surface area is 175 Å². The first-order valence-electron chi connectivity index (χ1n) is 9.68. The predicted octanol–water partition coefficient (Wildman–Crippen LogP) is 4.77. The highest BCUT2D eigenvalue weighted by atomic mass is 32.2. The maximum Gasteiger partial charge on any atom is 0.234 e. The van der Waals surface area contributed by atoms with Gasteiger partial charge in [0.25, 0.3) is 0 Å². The predicted molar refractivity (Wildman–Crippen MR) is 119 cm³/mol. The molecular weight excluding hydrogens is 384 g/mol. The van der Waals surface area contributed by atoms with E-state index in [0.29, 0.717) is 17.3 Å². The number of nitrogens with zero attached hydrogens (tertiary/aromatic N) is 2. The van der Waals surface area contributed by atoms with Gasteiger partial charge in [0.1, 0.15) is 0 Å². The number of para-hydroxylation sites is 2. The van der Waals surface area contributed by atoms with Crippen LogP contribution in [0, 0.1) is 5.92 Å². The molecule has 152 valence electrons. The average Bonchev–Trinajstić information content (AvgIpc) is 3.03. The van der Waals surface area contributed by atoms with E-state index in [4.69, 9.17) is 4.98 Å². The summed E-state index contributed by atoms with van der Waals surface area (Å²) in [6, 6.07) is 15.1. The van der Waals surface area contributed by atoms with Crippen LogP contribution in [0.1, 0.15) is 27.2 Å². The van der Waals surface area contributed by atoms with Gasteiger partial charge in [-0.1, -0.05) is 37.7 Å². The maximum absolute atomic E-state index is 12.4. The van der Waals surface area contributed by atoms with E-state index in [1.54, 1.807) is 24.3 Å². The summed E-state index contributed by atoms with van der Waals surface area (Å²) < 4.78 is 2.20. The van der Waals surface area contributed by atoms with E-state index in [0.717, 1.165) is 29.2 Å². The van der Waals surface area contributed by atoms with Crippen LogP contribution in [0.25, 0.3) is 11.0 Å². The van der Waals surface area contributed by atoms with Crippen LogP contribution in [0.15, 0.2) is 53.7 Å². The van der Waals surface area contributed by atoms with Gasteiger partial charge >= 0.3 is 0 Å². The Morgan fingerprint density at radius 2 is 1.69 bits per heavy atom. The van der Waals surface area contributed by atoms with Crippen molar-refractivity contribution < 1.29 is 9.59 Å². The van der Waals surface area contributed by atoms with Crippen LogP contribution >= 0.6 is 11.8 Å². The van der Waals surface area contributed by atoms with Crippen LogP contribution in [0.4, 0.5) is 11.4 Å². The van der Waals surface area contributed by atoms with E-state index >= 15 is 0 Å². The number of thioether (sulfide) groups is 1. The molecule has 0 aliphatic carbocycles. The summed E-state index contributed by atoms with van der Waals surface area (Å²) in [5.41, 5.74) is 3.44. The van der Waals surface area contributed by atoms with E-state index < -0.39 is 0 Å². The number of nitrogens with one attached hydrogen (secondary N) is 2. The lowest BCUT2D eigenvalue weighted by atomic mass is 10.1. The van der Waals surface area contributed by atoms with Crippen molar-refractivity contribution in [2.75, 3.05) is 16.4 Å². The number of rotatable bonds is 8. The molecule has 0 saturated heterocycles. The molecule has 3 rings (SSSR count). The van der Waals surface area contributed by atoms with Gasteiger partial charge in [0.15, 0.2) is 5.16 Å². The molecule has 6 nitrogen and oxygen atoms in total. The summed E-state index contributed by atoms with van der Waals surface area (Å²) >= 11 is 1.45. The zero-order valence-corrected chi connectivity index (χ0v) is 17.8. The van der Waals surface area contributed by atoms with E-state index in [1.807, 2.05) is 18.2 Å². The van der Waals surface area contributed by atoms with Crippen molar-refractivity contribution >= 4 is 46.0 Å². The first kappa shape index (κ1) is 20.9. The smallest absolute Gasteiger partial charge is 0.234 e. The van der Waals surface area contributed by atoms with E-state index in [9.17, 15) is 9.59 Å². The lowest BCUT2D eigenvalue weighted by Gasteiger charge is -2.11. The number of hydrogen-bond acceptors (Lipinski definition) is 4. The standard InChI is InChI=1S/C22H26N4O2S/c1-15(2)12-13-26-20-7-5-4-6-19(20)25-22(26)29-14-21(28)24-18-10-8-17(9-11-18)23-16(3)27/h4-11,15H,12-14H2,1-3H3,(H,23,27)(H,24,28). The highest BCUT2D eigenvalue weighted by Gasteiger charge is 2.13. The maximum atomic E-state index is 12.4.